The normalized spacial score (nSPS) is 10.2. The van der Waals surface area contributed by atoms with Crippen LogP contribution in [0.1, 0.15) is 16.7 Å². The summed E-state index contributed by atoms with van der Waals surface area (Å²) in [4.78, 5) is 4.02. The molecule has 0 aliphatic heterocycles. The monoisotopic (exact) mass is 437 g/mol. The van der Waals surface area contributed by atoms with Gasteiger partial charge in [-0.05, 0) is 53.1 Å². The van der Waals surface area contributed by atoms with Gasteiger partial charge in [0, 0.05) is 30.5 Å². The zero-order valence-electron chi connectivity index (χ0n) is 15.3. The molecular weight excluding hydrogens is 419 g/mol. The van der Waals surface area contributed by atoms with Gasteiger partial charge in [0.15, 0.2) is 11.5 Å². The first-order valence-electron chi connectivity index (χ1n) is 8.49. The number of hydrogen-bond donors (Lipinski definition) is 1. The molecule has 0 amide bonds. The minimum atomic E-state index is 0. The Kier molecular flexibility index (Phi) is 8.87. The van der Waals surface area contributed by atoms with E-state index in [4.69, 9.17) is 32.7 Å². The highest BCUT2D eigenvalue weighted by molar-refractivity contribution is 6.32. The molecule has 0 unspecified atom stereocenters. The van der Waals surface area contributed by atoms with Gasteiger partial charge in [0.25, 0.3) is 0 Å². The third-order valence-corrected chi connectivity index (χ3v) is 4.53. The van der Waals surface area contributed by atoms with Crippen molar-refractivity contribution in [3.63, 3.8) is 0 Å². The van der Waals surface area contributed by atoms with Crippen LogP contribution in [-0.4, -0.2) is 12.1 Å². The van der Waals surface area contributed by atoms with Crippen LogP contribution in [0, 0.1) is 0 Å². The van der Waals surface area contributed by atoms with E-state index in [0.717, 1.165) is 17.7 Å². The summed E-state index contributed by atoms with van der Waals surface area (Å²) in [6.45, 7) is 1.79. The van der Waals surface area contributed by atoms with Crippen molar-refractivity contribution >= 4 is 23.2 Å². The maximum Gasteiger partial charge on any atom is 0.180 e. The Balaban J connectivity index is 0.00000280. The third-order valence-electron chi connectivity index (χ3n) is 3.99. The van der Waals surface area contributed by atoms with E-state index in [1.165, 1.54) is 5.56 Å². The van der Waals surface area contributed by atoms with Gasteiger partial charge in [-0.25, -0.2) is 0 Å². The molecule has 1 heterocycles. The summed E-state index contributed by atoms with van der Waals surface area (Å²) < 4.78 is 11.4. The quantitative estimate of drug-likeness (QED) is 0.586. The molecule has 0 saturated carbocycles. The van der Waals surface area contributed by atoms with Crippen molar-refractivity contribution in [2.45, 2.75) is 19.7 Å². The van der Waals surface area contributed by atoms with Crippen molar-refractivity contribution in [2.24, 2.45) is 0 Å². The predicted molar refractivity (Wildman–Crippen MR) is 109 cm³/mol. The largest absolute Gasteiger partial charge is 1.00 e. The predicted octanol–water partition coefficient (Wildman–Crippen LogP) is 2.27. The summed E-state index contributed by atoms with van der Waals surface area (Å²) in [5.41, 5.74) is 3.19. The number of pyridine rings is 1. The van der Waals surface area contributed by atoms with E-state index < -0.39 is 0 Å². The zero-order chi connectivity index (χ0) is 19.1. The van der Waals surface area contributed by atoms with Crippen LogP contribution >= 0.6 is 23.2 Å². The first kappa shape index (κ1) is 22.3. The second-order valence-electron chi connectivity index (χ2n) is 5.98. The number of nitrogens with one attached hydrogen (secondary N) is 1. The molecule has 28 heavy (non-hydrogen) atoms. The van der Waals surface area contributed by atoms with Crippen molar-refractivity contribution in [3.8, 4) is 11.5 Å². The molecule has 0 radical (unpaired) electrons. The fourth-order valence-corrected chi connectivity index (χ4v) is 3.02. The van der Waals surface area contributed by atoms with Gasteiger partial charge >= 0.3 is 0 Å². The van der Waals surface area contributed by atoms with Gasteiger partial charge in [0.2, 0.25) is 0 Å². The summed E-state index contributed by atoms with van der Waals surface area (Å²) in [7, 11) is 1.61. The molecule has 0 spiro atoms. The molecule has 0 atom stereocenters. The number of aromatic nitrogens is 1. The fourth-order valence-electron chi connectivity index (χ4n) is 2.60. The van der Waals surface area contributed by atoms with Crippen LogP contribution in [0.5, 0.6) is 11.5 Å². The van der Waals surface area contributed by atoms with Gasteiger partial charge in [-0.1, -0.05) is 35.3 Å². The molecule has 0 aliphatic carbocycles. The number of ether oxygens (including phenoxy) is 2. The Morgan fingerprint density at radius 3 is 2.25 bits per heavy atom. The molecule has 0 saturated heterocycles. The molecule has 3 aromatic rings. The highest BCUT2D eigenvalue weighted by Gasteiger charge is 2.12. The molecule has 1 aromatic heterocycles. The lowest BCUT2D eigenvalue weighted by Gasteiger charge is -2.15. The topological polar surface area (TPSA) is 43.4 Å². The van der Waals surface area contributed by atoms with Crippen LogP contribution in [0.25, 0.3) is 0 Å². The minimum absolute atomic E-state index is 0. The van der Waals surface area contributed by atoms with E-state index in [-0.39, 0.29) is 12.4 Å². The van der Waals surface area contributed by atoms with Gasteiger partial charge in [0.1, 0.15) is 6.61 Å². The first-order chi connectivity index (χ1) is 13.2. The highest BCUT2D eigenvalue weighted by Crippen LogP contribution is 2.37. The van der Waals surface area contributed by atoms with Crippen LogP contribution in [-0.2, 0) is 19.7 Å². The molecule has 1 N–H and O–H groups in total. The zero-order valence-corrected chi connectivity index (χ0v) is 17.6. The number of methoxy groups -OCH3 is 1. The average molecular weight is 439 g/mol. The lowest BCUT2D eigenvalue weighted by atomic mass is 10.2. The number of hydrogen-bond acceptors (Lipinski definition) is 4. The van der Waals surface area contributed by atoms with E-state index in [9.17, 15) is 0 Å². The van der Waals surface area contributed by atoms with Crippen LogP contribution < -0.4 is 27.2 Å². The molecule has 0 bridgehead atoms. The maximum absolute atomic E-state index is 6.44. The minimum Gasteiger partial charge on any atom is -1.00 e. The number of benzene rings is 2. The summed E-state index contributed by atoms with van der Waals surface area (Å²) in [6.07, 6.45) is 3.56. The molecule has 148 valence electrons. The molecule has 0 aliphatic rings. The van der Waals surface area contributed by atoms with Crippen molar-refractivity contribution in [1.29, 1.82) is 0 Å². The Hall–Kier alpha value is -1.98. The Labute approximate surface area is 181 Å². The molecule has 4 nitrogen and oxygen atoms in total. The fraction of sp³-hybridized carbons (Fsp3) is 0.190. The lowest BCUT2D eigenvalue weighted by Crippen LogP contribution is -3.00. The SMILES string of the molecule is COc1cc(CNCc2ccncc2)cc(Cl)c1OCc1ccc(Cl)cc1.[Cl-]. The van der Waals surface area contributed by atoms with Gasteiger partial charge < -0.3 is 27.2 Å². The number of halogens is 3. The van der Waals surface area contributed by atoms with E-state index in [1.807, 2.05) is 48.5 Å². The number of nitrogens with zero attached hydrogens (tertiary/aromatic N) is 1. The highest BCUT2D eigenvalue weighted by atomic mass is 35.5. The first-order valence-corrected chi connectivity index (χ1v) is 9.24. The molecule has 7 heteroatoms. The summed E-state index contributed by atoms with van der Waals surface area (Å²) in [6, 6.07) is 15.3. The molecular formula is C21H20Cl3N2O2-. The third kappa shape index (κ3) is 6.28. The van der Waals surface area contributed by atoms with Gasteiger partial charge in [-0.15, -0.1) is 0 Å². The standard InChI is InChI=1S/C21H20Cl2N2O2.ClH/c1-26-20-11-17(13-25-12-15-6-8-24-9-7-15)10-19(23)21(20)27-14-16-2-4-18(22)5-3-16;/h2-11,25H,12-14H2,1H3;1H/p-1. The summed E-state index contributed by atoms with van der Waals surface area (Å²) >= 11 is 12.3. The molecule has 2 aromatic carbocycles. The second-order valence-corrected chi connectivity index (χ2v) is 6.83. The van der Waals surface area contributed by atoms with Gasteiger partial charge in [0.05, 0.1) is 12.1 Å². The summed E-state index contributed by atoms with van der Waals surface area (Å²) in [5, 5.41) is 4.59. The van der Waals surface area contributed by atoms with Crippen LogP contribution in [0.3, 0.4) is 0 Å². The van der Waals surface area contributed by atoms with Crippen molar-refractivity contribution < 1.29 is 21.9 Å². The molecule has 3 rings (SSSR count). The van der Waals surface area contributed by atoms with Crippen molar-refractivity contribution in [1.82, 2.24) is 10.3 Å². The van der Waals surface area contributed by atoms with E-state index in [0.29, 0.717) is 34.7 Å². The molecule has 0 fully saturated rings. The van der Waals surface area contributed by atoms with Crippen LogP contribution in [0.4, 0.5) is 0 Å². The average Bonchev–Trinajstić information content (AvgIpc) is 2.69. The smallest absolute Gasteiger partial charge is 0.180 e. The van der Waals surface area contributed by atoms with Crippen molar-refractivity contribution in [3.05, 3.63) is 87.7 Å². The summed E-state index contributed by atoms with van der Waals surface area (Å²) in [5.74, 6) is 1.14. The van der Waals surface area contributed by atoms with E-state index in [2.05, 4.69) is 10.3 Å². The van der Waals surface area contributed by atoms with Gasteiger partial charge in [-0.2, -0.15) is 0 Å². The Morgan fingerprint density at radius 2 is 1.57 bits per heavy atom. The van der Waals surface area contributed by atoms with E-state index >= 15 is 0 Å². The van der Waals surface area contributed by atoms with Gasteiger partial charge in [-0.3, -0.25) is 4.98 Å². The second kappa shape index (κ2) is 11.1. The Bertz CT molecular complexity index is 875. The lowest BCUT2D eigenvalue weighted by molar-refractivity contribution is -0.00000590. The maximum atomic E-state index is 6.44. The van der Waals surface area contributed by atoms with Crippen LogP contribution in [0.2, 0.25) is 10.0 Å². The van der Waals surface area contributed by atoms with Crippen molar-refractivity contribution in [2.75, 3.05) is 7.11 Å². The number of rotatable bonds is 8. The van der Waals surface area contributed by atoms with Crippen LogP contribution in [0.15, 0.2) is 60.9 Å². The Morgan fingerprint density at radius 1 is 0.893 bits per heavy atom. The van der Waals surface area contributed by atoms with E-state index in [1.54, 1.807) is 19.5 Å².